The minimum absolute atomic E-state index is 0.185. The Morgan fingerprint density at radius 2 is 2.18 bits per heavy atom. The smallest absolute Gasteiger partial charge is 0.407 e. The van der Waals surface area contributed by atoms with Crippen molar-refractivity contribution < 1.29 is 18.7 Å². The van der Waals surface area contributed by atoms with Crippen LogP contribution in [0.2, 0.25) is 5.02 Å². The van der Waals surface area contributed by atoms with Gasteiger partial charge >= 0.3 is 6.09 Å². The van der Waals surface area contributed by atoms with E-state index in [2.05, 4.69) is 10.2 Å². The minimum atomic E-state index is -0.476. The van der Waals surface area contributed by atoms with E-state index in [-0.39, 0.29) is 23.9 Å². The largest absolute Gasteiger partial charge is 0.452 e. The molecule has 2 atom stereocenters. The predicted molar refractivity (Wildman–Crippen MR) is 106 cm³/mol. The maximum atomic E-state index is 14.7. The van der Waals surface area contributed by atoms with Crippen LogP contribution < -0.4 is 15.0 Å². The van der Waals surface area contributed by atoms with Gasteiger partial charge in [0.15, 0.2) is 17.3 Å². The molecule has 0 radical (unpaired) electrons. The fourth-order valence-electron chi connectivity index (χ4n) is 3.98. The van der Waals surface area contributed by atoms with Crippen molar-refractivity contribution in [1.82, 2.24) is 5.32 Å². The zero-order valence-electron chi connectivity index (χ0n) is 15.7. The molecule has 2 aromatic rings. The molecule has 1 N–H and O–H groups in total. The molecule has 7 heteroatoms. The number of carbonyl (C=O) groups excluding carboxylic acids is 1. The zero-order valence-corrected chi connectivity index (χ0v) is 16.5. The number of hydrogen-bond donors (Lipinski definition) is 1. The van der Waals surface area contributed by atoms with Gasteiger partial charge in [-0.3, -0.25) is 0 Å². The van der Waals surface area contributed by atoms with Gasteiger partial charge in [0.1, 0.15) is 0 Å². The van der Waals surface area contributed by atoms with Crippen LogP contribution in [0, 0.1) is 5.82 Å². The van der Waals surface area contributed by atoms with Crippen LogP contribution in [0.1, 0.15) is 38.3 Å². The second kappa shape index (κ2) is 7.51. The van der Waals surface area contributed by atoms with Crippen LogP contribution in [0.15, 0.2) is 36.4 Å². The molecule has 2 heterocycles. The number of amides is 1. The summed E-state index contributed by atoms with van der Waals surface area (Å²) < 4.78 is 25.9. The Balaban J connectivity index is 1.80. The summed E-state index contributed by atoms with van der Waals surface area (Å²) in [6.07, 6.45) is 0.914. The number of piperidine rings is 1. The lowest BCUT2D eigenvalue weighted by Gasteiger charge is -2.42. The number of anilines is 1. The zero-order chi connectivity index (χ0) is 19.8. The molecule has 0 aliphatic carbocycles. The lowest BCUT2D eigenvalue weighted by molar-refractivity contribution is 0.109. The Morgan fingerprint density at radius 3 is 2.96 bits per heavy atom. The molecule has 2 aliphatic rings. The van der Waals surface area contributed by atoms with Crippen LogP contribution in [0.3, 0.4) is 0 Å². The molecule has 1 saturated heterocycles. The summed E-state index contributed by atoms with van der Waals surface area (Å²) in [5.74, 6) is 0.294. The van der Waals surface area contributed by atoms with E-state index in [0.29, 0.717) is 16.3 Å². The van der Waals surface area contributed by atoms with Crippen molar-refractivity contribution >= 4 is 23.4 Å². The molecule has 28 heavy (non-hydrogen) atoms. The molecule has 0 saturated carbocycles. The average Bonchev–Trinajstić information content (AvgIpc) is 2.77. The second-order valence-electron chi connectivity index (χ2n) is 7.36. The number of nitrogens with one attached hydrogen (secondary N) is 1. The highest BCUT2D eigenvalue weighted by Gasteiger charge is 2.40. The molecule has 1 fully saturated rings. The van der Waals surface area contributed by atoms with E-state index >= 15 is 0 Å². The van der Waals surface area contributed by atoms with Crippen molar-refractivity contribution in [3.8, 4) is 11.5 Å². The van der Waals surface area contributed by atoms with E-state index in [1.165, 1.54) is 6.07 Å². The number of carbonyl (C=O) groups is 1. The lowest BCUT2D eigenvalue weighted by Crippen LogP contribution is -2.50. The summed E-state index contributed by atoms with van der Waals surface area (Å²) in [5, 5.41) is 3.54. The highest BCUT2D eigenvalue weighted by molar-refractivity contribution is 6.31. The normalized spacial score (nSPS) is 20.4. The molecule has 2 aromatic carbocycles. The van der Waals surface area contributed by atoms with Crippen molar-refractivity contribution in [2.45, 2.75) is 44.9 Å². The van der Waals surface area contributed by atoms with Gasteiger partial charge in [0.05, 0.1) is 23.9 Å². The molecule has 0 spiro atoms. The molecular weight excluding hydrogens is 383 g/mol. The fraction of sp³-hybridized carbons (Fsp3) is 0.381. The number of halogens is 2. The Labute approximate surface area is 168 Å². The van der Waals surface area contributed by atoms with Gasteiger partial charge in [0.2, 0.25) is 0 Å². The Kier molecular flexibility index (Phi) is 5.06. The molecule has 5 nitrogen and oxygen atoms in total. The molecular formula is C21H22ClFN2O3. The number of para-hydroxylation sites is 1. The number of nitrogens with zero attached hydrogens (tertiary/aromatic N) is 1. The summed E-state index contributed by atoms with van der Waals surface area (Å²) in [4.78, 5) is 14.4. The minimum Gasteiger partial charge on any atom is -0.452 e. The number of ether oxygens (including phenoxy) is 2. The van der Waals surface area contributed by atoms with Crippen molar-refractivity contribution in [2.24, 2.45) is 0 Å². The third-order valence-electron chi connectivity index (χ3n) is 5.04. The molecule has 148 valence electrons. The van der Waals surface area contributed by atoms with Gasteiger partial charge in [0.25, 0.3) is 0 Å². The molecule has 4 rings (SSSR count). The van der Waals surface area contributed by atoms with Crippen molar-refractivity contribution in [3.63, 3.8) is 0 Å². The van der Waals surface area contributed by atoms with Gasteiger partial charge in [-0.05, 0) is 51.0 Å². The average molecular weight is 405 g/mol. The highest BCUT2D eigenvalue weighted by atomic mass is 35.5. The molecule has 2 aliphatic heterocycles. The standard InChI is InChI=1S/C21H22ClFN2O3/c1-12(2)27-21(26)24-16-7-4-10-25-17-11-13(22)8-9-18(17)28-20-14(19(16)25)5-3-6-15(20)23/h3,5-6,8-9,11-12,16,19H,4,7,10H2,1-2H3,(H,24,26)/t16-,19-/m1/s1. The van der Waals surface area contributed by atoms with E-state index in [1.807, 2.05) is 12.1 Å². The number of rotatable bonds is 2. The van der Waals surface area contributed by atoms with E-state index in [9.17, 15) is 9.18 Å². The first kappa shape index (κ1) is 18.9. The second-order valence-corrected chi connectivity index (χ2v) is 7.79. The molecule has 0 aromatic heterocycles. The Morgan fingerprint density at radius 1 is 1.36 bits per heavy atom. The van der Waals surface area contributed by atoms with Crippen LogP contribution >= 0.6 is 11.6 Å². The predicted octanol–water partition coefficient (Wildman–Crippen LogP) is 5.43. The number of alkyl carbamates (subject to hydrolysis) is 1. The third kappa shape index (κ3) is 3.49. The lowest BCUT2D eigenvalue weighted by atomic mass is 9.89. The molecule has 0 bridgehead atoms. The topological polar surface area (TPSA) is 50.8 Å². The van der Waals surface area contributed by atoms with Gasteiger partial charge < -0.3 is 19.7 Å². The quantitative estimate of drug-likeness (QED) is 0.725. The van der Waals surface area contributed by atoms with Gasteiger partial charge in [-0.15, -0.1) is 0 Å². The maximum absolute atomic E-state index is 14.7. The summed E-state index contributed by atoms with van der Waals surface area (Å²) in [7, 11) is 0. The van der Waals surface area contributed by atoms with Crippen LogP contribution in [0.4, 0.5) is 14.9 Å². The van der Waals surface area contributed by atoms with Crippen molar-refractivity contribution in [3.05, 3.63) is 52.8 Å². The van der Waals surface area contributed by atoms with Gasteiger partial charge in [0, 0.05) is 17.1 Å². The van der Waals surface area contributed by atoms with E-state index in [1.54, 1.807) is 32.0 Å². The summed E-state index contributed by atoms with van der Waals surface area (Å²) in [6.45, 7) is 4.35. The van der Waals surface area contributed by atoms with Gasteiger partial charge in [-0.2, -0.15) is 0 Å². The summed E-state index contributed by atoms with van der Waals surface area (Å²) in [5.41, 5.74) is 1.48. The van der Waals surface area contributed by atoms with E-state index in [4.69, 9.17) is 21.1 Å². The molecule has 1 amide bonds. The SMILES string of the molecule is CC(C)OC(=O)N[C@@H]1CCCN2c3cc(Cl)ccc3Oc3c(F)cccc3[C@H]12. The van der Waals surface area contributed by atoms with Crippen molar-refractivity contribution in [1.29, 1.82) is 0 Å². The first-order valence-corrected chi connectivity index (χ1v) is 9.81. The highest BCUT2D eigenvalue weighted by Crippen LogP contribution is 2.48. The fourth-order valence-corrected chi connectivity index (χ4v) is 4.14. The van der Waals surface area contributed by atoms with Crippen LogP contribution in [0.5, 0.6) is 11.5 Å². The Bertz CT molecular complexity index is 905. The van der Waals surface area contributed by atoms with E-state index in [0.717, 1.165) is 25.1 Å². The van der Waals surface area contributed by atoms with Crippen LogP contribution in [-0.2, 0) is 4.74 Å². The summed E-state index contributed by atoms with van der Waals surface area (Å²) in [6, 6.07) is 9.63. The number of benzene rings is 2. The Hall–Kier alpha value is -2.47. The first-order valence-electron chi connectivity index (χ1n) is 9.43. The van der Waals surface area contributed by atoms with Crippen molar-refractivity contribution in [2.75, 3.05) is 11.4 Å². The maximum Gasteiger partial charge on any atom is 0.407 e. The first-order chi connectivity index (χ1) is 13.4. The number of hydrogen-bond acceptors (Lipinski definition) is 4. The molecule has 0 unspecified atom stereocenters. The monoisotopic (exact) mass is 404 g/mol. The van der Waals surface area contributed by atoms with E-state index < -0.39 is 11.9 Å². The summed E-state index contributed by atoms with van der Waals surface area (Å²) >= 11 is 6.24. The number of fused-ring (bicyclic) bond motifs is 5. The van der Waals surface area contributed by atoms with Crippen LogP contribution in [0.25, 0.3) is 0 Å². The van der Waals surface area contributed by atoms with Gasteiger partial charge in [-0.25, -0.2) is 9.18 Å². The van der Waals surface area contributed by atoms with Crippen LogP contribution in [-0.4, -0.2) is 24.8 Å². The third-order valence-corrected chi connectivity index (χ3v) is 5.27. The van der Waals surface area contributed by atoms with Gasteiger partial charge in [-0.1, -0.05) is 23.7 Å².